The summed E-state index contributed by atoms with van der Waals surface area (Å²) < 4.78 is 5.58. The lowest BCUT2D eigenvalue weighted by atomic mass is 10.0. The molecule has 0 aliphatic heterocycles. The van der Waals surface area contributed by atoms with Crippen LogP contribution < -0.4 is 4.74 Å². The first kappa shape index (κ1) is 12.6. The van der Waals surface area contributed by atoms with Gasteiger partial charge in [0.25, 0.3) is 0 Å². The van der Waals surface area contributed by atoms with Crippen molar-refractivity contribution in [3.63, 3.8) is 0 Å². The van der Waals surface area contributed by atoms with Crippen molar-refractivity contribution >= 4 is 0 Å². The minimum Gasteiger partial charge on any atom is -0.494 e. The second-order valence-electron chi connectivity index (χ2n) is 4.19. The average Bonchev–Trinajstić information content (AvgIpc) is 2.29. The van der Waals surface area contributed by atoms with Crippen molar-refractivity contribution < 1.29 is 4.74 Å². The van der Waals surface area contributed by atoms with Gasteiger partial charge < -0.3 is 4.74 Å². The van der Waals surface area contributed by atoms with E-state index < -0.39 is 0 Å². The number of nitriles is 1. The molecule has 0 saturated heterocycles. The summed E-state index contributed by atoms with van der Waals surface area (Å²) in [4.78, 5) is 0. The summed E-state index contributed by atoms with van der Waals surface area (Å²) in [5.41, 5.74) is 1.33. The first-order chi connectivity index (χ1) is 7.74. The molecule has 0 heterocycles. The van der Waals surface area contributed by atoms with Crippen LogP contribution in [0.15, 0.2) is 24.3 Å². The molecule has 0 radical (unpaired) electrons. The summed E-state index contributed by atoms with van der Waals surface area (Å²) in [5.74, 6) is 1.48. The topological polar surface area (TPSA) is 33.0 Å². The van der Waals surface area contributed by atoms with Crippen molar-refractivity contribution in [1.82, 2.24) is 0 Å². The van der Waals surface area contributed by atoms with Gasteiger partial charge in [0, 0.05) is 6.42 Å². The molecule has 2 heteroatoms. The lowest BCUT2D eigenvalue weighted by molar-refractivity contribution is 0.307. The van der Waals surface area contributed by atoms with E-state index in [1.165, 1.54) is 5.56 Å². The summed E-state index contributed by atoms with van der Waals surface area (Å²) in [7, 11) is 0. The quantitative estimate of drug-likeness (QED) is 0.677. The molecule has 0 spiro atoms. The molecule has 0 atom stereocenters. The Morgan fingerprint density at radius 2 is 1.88 bits per heavy atom. The van der Waals surface area contributed by atoms with E-state index in [9.17, 15) is 0 Å². The first-order valence-corrected chi connectivity index (χ1v) is 5.83. The van der Waals surface area contributed by atoms with E-state index in [0.29, 0.717) is 18.9 Å². The van der Waals surface area contributed by atoms with Crippen LogP contribution in [0.1, 0.15) is 44.6 Å². The van der Waals surface area contributed by atoms with E-state index in [1.54, 1.807) is 0 Å². The third-order valence-corrected chi connectivity index (χ3v) is 2.50. The fourth-order valence-electron chi connectivity index (χ4n) is 1.45. The molecule has 16 heavy (non-hydrogen) atoms. The molecule has 0 N–H and O–H groups in total. The number of unbranched alkanes of at least 4 members (excludes halogenated alkanes) is 2. The largest absolute Gasteiger partial charge is 0.494 e. The van der Waals surface area contributed by atoms with Crippen molar-refractivity contribution in [3.8, 4) is 11.8 Å². The lowest BCUT2D eigenvalue weighted by Gasteiger charge is -2.08. The summed E-state index contributed by atoms with van der Waals surface area (Å²) in [6.07, 6.45) is 2.48. The van der Waals surface area contributed by atoms with Crippen LogP contribution in [0.2, 0.25) is 0 Å². The normalized spacial score (nSPS) is 10.1. The van der Waals surface area contributed by atoms with E-state index in [0.717, 1.165) is 18.6 Å². The van der Waals surface area contributed by atoms with Gasteiger partial charge in [0.05, 0.1) is 12.7 Å². The zero-order valence-electron chi connectivity index (χ0n) is 10.1. The van der Waals surface area contributed by atoms with Crippen LogP contribution in [0.5, 0.6) is 5.75 Å². The smallest absolute Gasteiger partial charge is 0.119 e. The molecule has 0 bridgehead atoms. The Balaban J connectivity index is 2.30. The van der Waals surface area contributed by atoms with Crippen molar-refractivity contribution in [1.29, 1.82) is 5.26 Å². The number of benzene rings is 1. The molecule has 0 amide bonds. The molecule has 0 aromatic heterocycles. The Morgan fingerprint density at radius 1 is 1.19 bits per heavy atom. The summed E-state index contributed by atoms with van der Waals surface area (Å²) >= 11 is 0. The highest BCUT2D eigenvalue weighted by molar-refractivity contribution is 5.28. The van der Waals surface area contributed by atoms with Gasteiger partial charge in [-0.15, -0.1) is 0 Å². The standard InChI is InChI=1S/C14H19NO/c1-12(2)13-6-8-14(9-7-13)16-11-5-3-4-10-15/h6-9,12H,3-5,11H2,1-2H3. The van der Waals surface area contributed by atoms with Crippen molar-refractivity contribution in [3.05, 3.63) is 29.8 Å². The van der Waals surface area contributed by atoms with Crippen molar-refractivity contribution in [2.45, 2.75) is 39.0 Å². The van der Waals surface area contributed by atoms with Crippen molar-refractivity contribution in [2.24, 2.45) is 0 Å². The van der Waals surface area contributed by atoms with Crippen molar-refractivity contribution in [2.75, 3.05) is 6.61 Å². The maximum atomic E-state index is 8.37. The molecule has 1 aromatic carbocycles. The predicted octanol–water partition coefficient (Wildman–Crippen LogP) is 3.88. The van der Waals surface area contributed by atoms with Gasteiger partial charge in [-0.2, -0.15) is 5.26 Å². The molecule has 0 unspecified atom stereocenters. The average molecular weight is 217 g/mol. The number of ether oxygens (including phenoxy) is 1. The van der Waals surface area contributed by atoms with Crippen LogP contribution in [0.25, 0.3) is 0 Å². The van der Waals surface area contributed by atoms with E-state index in [2.05, 4.69) is 32.0 Å². The second-order valence-corrected chi connectivity index (χ2v) is 4.19. The maximum Gasteiger partial charge on any atom is 0.119 e. The Morgan fingerprint density at radius 3 is 2.44 bits per heavy atom. The Bertz CT molecular complexity index is 335. The highest BCUT2D eigenvalue weighted by atomic mass is 16.5. The minimum absolute atomic E-state index is 0.560. The molecule has 0 saturated carbocycles. The highest BCUT2D eigenvalue weighted by Gasteiger charge is 1.99. The van der Waals surface area contributed by atoms with Crippen LogP contribution in [-0.4, -0.2) is 6.61 Å². The van der Waals surface area contributed by atoms with E-state index in [4.69, 9.17) is 10.00 Å². The Kier molecular flexibility index (Phi) is 5.42. The fraction of sp³-hybridized carbons (Fsp3) is 0.500. The monoisotopic (exact) mass is 217 g/mol. The van der Waals surface area contributed by atoms with Gasteiger partial charge in [-0.1, -0.05) is 26.0 Å². The van der Waals surface area contributed by atoms with E-state index in [1.807, 2.05) is 12.1 Å². The van der Waals surface area contributed by atoms with Crippen LogP contribution in [0.3, 0.4) is 0 Å². The maximum absolute atomic E-state index is 8.37. The molecule has 1 aromatic rings. The van der Waals surface area contributed by atoms with Gasteiger partial charge >= 0.3 is 0 Å². The zero-order valence-corrected chi connectivity index (χ0v) is 10.1. The molecule has 0 aliphatic rings. The molecular formula is C14H19NO. The first-order valence-electron chi connectivity index (χ1n) is 5.83. The third-order valence-electron chi connectivity index (χ3n) is 2.50. The van der Waals surface area contributed by atoms with Crippen LogP contribution in [-0.2, 0) is 0 Å². The SMILES string of the molecule is CC(C)c1ccc(OCCCCC#N)cc1. The molecule has 1 rings (SSSR count). The number of hydrogen-bond donors (Lipinski definition) is 0. The lowest BCUT2D eigenvalue weighted by Crippen LogP contribution is -1.97. The third kappa shape index (κ3) is 4.35. The predicted molar refractivity (Wildman–Crippen MR) is 65.5 cm³/mol. The van der Waals surface area contributed by atoms with Gasteiger partial charge in [0.2, 0.25) is 0 Å². The van der Waals surface area contributed by atoms with Crippen LogP contribution in [0.4, 0.5) is 0 Å². The van der Waals surface area contributed by atoms with E-state index >= 15 is 0 Å². The second kappa shape index (κ2) is 6.90. The summed E-state index contributed by atoms with van der Waals surface area (Å²) in [6.45, 7) is 5.05. The number of nitrogens with zero attached hydrogens (tertiary/aromatic N) is 1. The molecule has 86 valence electrons. The number of rotatable bonds is 6. The zero-order chi connectivity index (χ0) is 11.8. The molecule has 2 nitrogen and oxygen atoms in total. The summed E-state index contributed by atoms with van der Waals surface area (Å²) in [5, 5.41) is 8.37. The van der Waals surface area contributed by atoms with Gasteiger partial charge in [-0.25, -0.2) is 0 Å². The number of hydrogen-bond acceptors (Lipinski definition) is 2. The molecule has 0 fully saturated rings. The van der Waals surface area contributed by atoms with E-state index in [-0.39, 0.29) is 0 Å². The Hall–Kier alpha value is -1.49. The minimum atomic E-state index is 0.560. The van der Waals surface area contributed by atoms with Gasteiger partial charge in [0.1, 0.15) is 5.75 Å². The van der Waals surface area contributed by atoms with Crippen LogP contribution >= 0.6 is 0 Å². The summed E-state index contributed by atoms with van der Waals surface area (Å²) in [6, 6.07) is 10.4. The fourth-order valence-corrected chi connectivity index (χ4v) is 1.45. The van der Waals surface area contributed by atoms with Gasteiger partial charge in [-0.05, 0) is 36.5 Å². The van der Waals surface area contributed by atoms with Gasteiger partial charge in [-0.3, -0.25) is 0 Å². The highest BCUT2D eigenvalue weighted by Crippen LogP contribution is 2.18. The molecular weight excluding hydrogens is 198 g/mol. The van der Waals surface area contributed by atoms with Gasteiger partial charge in [0.15, 0.2) is 0 Å². The molecule has 0 aliphatic carbocycles. The van der Waals surface area contributed by atoms with Crippen LogP contribution in [0, 0.1) is 11.3 Å². The Labute approximate surface area is 97.9 Å².